The molecule has 0 radical (unpaired) electrons. The third-order valence-electron chi connectivity index (χ3n) is 2.57. The smallest absolute Gasteiger partial charge is 0.253 e. The zero-order valence-electron chi connectivity index (χ0n) is 9.04. The highest BCUT2D eigenvalue weighted by Gasteiger charge is 2.30. The summed E-state index contributed by atoms with van der Waals surface area (Å²) in [5.41, 5.74) is 1.49. The van der Waals surface area contributed by atoms with Crippen LogP contribution in [-0.2, 0) is 11.3 Å². The summed E-state index contributed by atoms with van der Waals surface area (Å²) in [6.07, 6.45) is 2.25. The Morgan fingerprint density at radius 1 is 1.67 bits per heavy atom. The van der Waals surface area contributed by atoms with Crippen molar-refractivity contribution < 1.29 is 9.21 Å². The first-order valence-electron chi connectivity index (χ1n) is 4.91. The van der Waals surface area contributed by atoms with Gasteiger partial charge in [0.1, 0.15) is 5.76 Å². The van der Waals surface area contributed by atoms with Gasteiger partial charge in [0.25, 0.3) is 5.91 Å². The highest BCUT2D eigenvalue weighted by atomic mass is 16.3. The van der Waals surface area contributed by atoms with Crippen LogP contribution in [0, 0.1) is 0 Å². The first kappa shape index (κ1) is 11.7. The van der Waals surface area contributed by atoms with E-state index in [0.717, 1.165) is 5.76 Å². The molecule has 0 aliphatic rings. The van der Waals surface area contributed by atoms with E-state index in [4.69, 9.17) is 10.3 Å². The maximum absolute atomic E-state index is 11.5. The van der Waals surface area contributed by atoms with Crippen molar-refractivity contribution in [2.45, 2.75) is 32.4 Å². The van der Waals surface area contributed by atoms with Gasteiger partial charge in [-0.3, -0.25) is 15.5 Å². The number of carbonyl (C=O) groups is 1. The van der Waals surface area contributed by atoms with Gasteiger partial charge in [0.2, 0.25) is 0 Å². The molecular weight excluding hydrogens is 194 g/mol. The minimum Gasteiger partial charge on any atom is -0.468 e. The van der Waals surface area contributed by atoms with Crippen LogP contribution in [0.3, 0.4) is 0 Å². The molecule has 84 valence electrons. The number of rotatable bonds is 5. The topological polar surface area (TPSA) is 80.3 Å². The second-order valence-corrected chi connectivity index (χ2v) is 3.59. The highest BCUT2D eigenvalue weighted by molar-refractivity contribution is 5.85. The van der Waals surface area contributed by atoms with Gasteiger partial charge in [-0.2, -0.15) is 0 Å². The van der Waals surface area contributed by atoms with E-state index < -0.39 is 5.54 Å². The Balaban J connectivity index is 2.57. The molecule has 0 aromatic carbocycles. The van der Waals surface area contributed by atoms with Crippen molar-refractivity contribution in [3.8, 4) is 0 Å². The number of furan rings is 1. The molecule has 1 atom stereocenters. The van der Waals surface area contributed by atoms with Gasteiger partial charge in [0.05, 0.1) is 18.3 Å². The van der Waals surface area contributed by atoms with Gasteiger partial charge in [-0.25, -0.2) is 5.84 Å². The Morgan fingerprint density at radius 2 is 2.40 bits per heavy atom. The second-order valence-electron chi connectivity index (χ2n) is 3.59. The number of nitrogens with one attached hydrogen (secondary N) is 2. The number of nitrogens with two attached hydrogens (primary N) is 1. The standard InChI is InChI=1S/C10H17N3O2/c1-3-10(2,9(14)13-11)12-7-8-5-4-6-15-8/h4-6,12H,3,7,11H2,1-2H3,(H,13,14). The largest absolute Gasteiger partial charge is 0.468 e. The summed E-state index contributed by atoms with van der Waals surface area (Å²) in [5.74, 6) is 5.69. The zero-order chi connectivity index (χ0) is 11.3. The Bertz CT molecular complexity index is 310. The summed E-state index contributed by atoms with van der Waals surface area (Å²) in [6, 6.07) is 3.66. The fourth-order valence-electron chi connectivity index (χ4n) is 1.22. The monoisotopic (exact) mass is 211 g/mol. The zero-order valence-corrected chi connectivity index (χ0v) is 9.04. The third-order valence-corrected chi connectivity index (χ3v) is 2.57. The van der Waals surface area contributed by atoms with E-state index in [1.54, 1.807) is 13.2 Å². The van der Waals surface area contributed by atoms with E-state index in [9.17, 15) is 4.79 Å². The molecule has 1 rings (SSSR count). The summed E-state index contributed by atoms with van der Waals surface area (Å²) in [6.45, 7) is 4.23. The van der Waals surface area contributed by atoms with Crippen LogP contribution in [-0.4, -0.2) is 11.4 Å². The van der Waals surface area contributed by atoms with Crippen LogP contribution < -0.4 is 16.6 Å². The molecule has 1 heterocycles. The summed E-state index contributed by atoms with van der Waals surface area (Å²) in [5, 5.41) is 3.11. The first-order valence-corrected chi connectivity index (χ1v) is 4.91. The van der Waals surface area contributed by atoms with Gasteiger partial charge in [0, 0.05) is 0 Å². The number of hydrogen-bond donors (Lipinski definition) is 3. The van der Waals surface area contributed by atoms with Crippen LogP contribution in [0.25, 0.3) is 0 Å². The molecule has 5 heteroatoms. The highest BCUT2D eigenvalue weighted by Crippen LogP contribution is 2.10. The Kier molecular flexibility index (Phi) is 3.88. The molecule has 0 saturated heterocycles. The SMILES string of the molecule is CCC(C)(NCc1ccco1)C(=O)NN. The number of hydrazine groups is 1. The van der Waals surface area contributed by atoms with Crippen LogP contribution in [0.4, 0.5) is 0 Å². The van der Waals surface area contributed by atoms with E-state index in [1.165, 1.54) is 0 Å². The number of carbonyl (C=O) groups excluding carboxylic acids is 1. The van der Waals surface area contributed by atoms with Gasteiger partial charge in [-0.15, -0.1) is 0 Å². The molecule has 1 aromatic rings. The average molecular weight is 211 g/mol. The Morgan fingerprint density at radius 3 is 2.87 bits per heavy atom. The summed E-state index contributed by atoms with van der Waals surface area (Å²) >= 11 is 0. The quantitative estimate of drug-likeness (QED) is 0.377. The lowest BCUT2D eigenvalue weighted by Gasteiger charge is -2.26. The summed E-state index contributed by atoms with van der Waals surface area (Å²) < 4.78 is 5.16. The molecule has 0 aliphatic heterocycles. The molecule has 0 bridgehead atoms. The van der Waals surface area contributed by atoms with Crippen molar-refractivity contribution in [3.05, 3.63) is 24.2 Å². The van der Waals surface area contributed by atoms with Crippen LogP contribution in [0.15, 0.2) is 22.8 Å². The lowest BCUT2D eigenvalue weighted by molar-refractivity contribution is -0.127. The van der Waals surface area contributed by atoms with Crippen molar-refractivity contribution in [1.82, 2.24) is 10.7 Å². The number of amides is 1. The van der Waals surface area contributed by atoms with Gasteiger partial charge in [-0.1, -0.05) is 6.92 Å². The normalized spacial score (nSPS) is 14.6. The lowest BCUT2D eigenvalue weighted by Crippen LogP contribution is -2.55. The molecule has 1 aromatic heterocycles. The molecule has 4 N–H and O–H groups in total. The van der Waals surface area contributed by atoms with Crippen molar-refractivity contribution >= 4 is 5.91 Å². The van der Waals surface area contributed by atoms with Crippen LogP contribution in [0.5, 0.6) is 0 Å². The minimum absolute atomic E-state index is 0.225. The molecule has 1 amide bonds. The average Bonchev–Trinajstić information content (AvgIpc) is 2.77. The molecule has 1 unspecified atom stereocenters. The van der Waals surface area contributed by atoms with Crippen molar-refractivity contribution in [2.24, 2.45) is 5.84 Å². The van der Waals surface area contributed by atoms with Crippen LogP contribution in [0.1, 0.15) is 26.0 Å². The van der Waals surface area contributed by atoms with Gasteiger partial charge < -0.3 is 4.42 Å². The fourth-order valence-corrected chi connectivity index (χ4v) is 1.22. The molecule has 0 fully saturated rings. The van der Waals surface area contributed by atoms with Crippen molar-refractivity contribution in [3.63, 3.8) is 0 Å². The molecular formula is C10H17N3O2. The van der Waals surface area contributed by atoms with Gasteiger partial charge in [0.15, 0.2) is 0 Å². The van der Waals surface area contributed by atoms with E-state index in [-0.39, 0.29) is 5.91 Å². The van der Waals surface area contributed by atoms with E-state index >= 15 is 0 Å². The lowest BCUT2D eigenvalue weighted by atomic mass is 9.98. The Hall–Kier alpha value is -1.33. The van der Waals surface area contributed by atoms with Crippen LogP contribution >= 0.6 is 0 Å². The van der Waals surface area contributed by atoms with Crippen LogP contribution in [0.2, 0.25) is 0 Å². The third kappa shape index (κ3) is 2.81. The van der Waals surface area contributed by atoms with Crippen molar-refractivity contribution in [1.29, 1.82) is 0 Å². The first-order chi connectivity index (χ1) is 7.12. The van der Waals surface area contributed by atoms with E-state index in [1.807, 2.05) is 19.1 Å². The fraction of sp³-hybridized carbons (Fsp3) is 0.500. The predicted molar refractivity (Wildman–Crippen MR) is 56.6 cm³/mol. The maximum atomic E-state index is 11.5. The van der Waals surface area contributed by atoms with E-state index in [2.05, 4.69) is 10.7 Å². The second kappa shape index (κ2) is 4.95. The molecule has 0 spiro atoms. The minimum atomic E-state index is -0.665. The molecule has 0 aliphatic carbocycles. The molecule has 15 heavy (non-hydrogen) atoms. The number of hydrogen-bond acceptors (Lipinski definition) is 4. The molecule has 0 saturated carbocycles. The van der Waals surface area contributed by atoms with Gasteiger partial charge in [-0.05, 0) is 25.5 Å². The van der Waals surface area contributed by atoms with E-state index in [0.29, 0.717) is 13.0 Å². The summed E-state index contributed by atoms with van der Waals surface area (Å²) in [4.78, 5) is 11.5. The molecule has 5 nitrogen and oxygen atoms in total. The maximum Gasteiger partial charge on any atom is 0.253 e. The van der Waals surface area contributed by atoms with Crippen molar-refractivity contribution in [2.75, 3.05) is 0 Å². The van der Waals surface area contributed by atoms with Gasteiger partial charge >= 0.3 is 0 Å². The summed E-state index contributed by atoms with van der Waals surface area (Å²) in [7, 11) is 0. The predicted octanol–water partition coefficient (Wildman–Crippen LogP) is 0.528. The Labute approximate surface area is 89.0 Å².